The van der Waals surface area contributed by atoms with Crippen LogP contribution in [0.1, 0.15) is 35.7 Å². The lowest BCUT2D eigenvalue weighted by molar-refractivity contribution is -0.113. The number of nitrogens with one attached hydrogen (secondary N) is 2. The SMILES string of the molecule is CCCCNC(=O)c1ccc(-n2ccnc2SCC(=O)Nc2ccccc2C)cc1. The van der Waals surface area contributed by atoms with Crippen molar-refractivity contribution in [1.82, 2.24) is 14.9 Å². The van der Waals surface area contributed by atoms with Gasteiger partial charge in [-0.15, -0.1) is 0 Å². The van der Waals surface area contributed by atoms with Crippen LogP contribution >= 0.6 is 11.8 Å². The van der Waals surface area contributed by atoms with Crippen LogP contribution in [0.3, 0.4) is 0 Å². The Kier molecular flexibility index (Phi) is 7.68. The van der Waals surface area contributed by atoms with Crippen LogP contribution < -0.4 is 10.6 Å². The van der Waals surface area contributed by atoms with Gasteiger partial charge in [-0.2, -0.15) is 0 Å². The fourth-order valence-electron chi connectivity index (χ4n) is 2.88. The maximum Gasteiger partial charge on any atom is 0.251 e. The Labute approximate surface area is 181 Å². The van der Waals surface area contributed by atoms with Gasteiger partial charge in [-0.05, 0) is 49.2 Å². The van der Waals surface area contributed by atoms with Crippen LogP contribution in [0.4, 0.5) is 5.69 Å². The molecule has 1 aromatic heterocycles. The predicted molar refractivity (Wildman–Crippen MR) is 121 cm³/mol. The zero-order valence-electron chi connectivity index (χ0n) is 17.2. The molecule has 0 unspecified atom stereocenters. The van der Waals surface area contributed by atoms with Crippen LogP contribution in [0.2, 0.25) is 0 Å². The fourth-order valence-corrected chi connectivity index (χ4v) is 3.65. The standard InChI is InChI=1S/C23H26N4O2S/c1-3-4-13-24-22(29)18-9-11-19(12-10-18)27-15-14-25-23(27)30-16-21(28)26-20-8-6-5-7-17(20)2/h5-12,14-15H,3-4,13,16H2,1-2H3,(H,24,29)(H,26,28). The number of anilines is 1. The molecule has 3 aromatic rings. The molecule has 0 fully saturated rings. The Hall–Kier alpha value is -3.06. The van der Waals surface area contributed by atoms with E-state index >= 15 is 0 Å². The molecule has 0 saturated carbocycles. The van der Waals surface area contributed by atoms with Crippen molar-refractivity contribution in [3.63, 3.8) is 0 Å². The molecule has 0 aliphatic rings. The Balaban J connectivity index is 1.60. The van der Waals surface area contributed by atoms with Gasteiger partial charge in [-0.25, -0.2) is 4.98 Å². The lowest BCUT2D eigenvalue weighted by atomic mass is 10.2. The molecule has 0 radical (unpaired) electrons. The summed E-state index contributed by atoms with van der Waals surface area (Å²) in [5.74, 6) is 0.106. The van der Waals surface area contributed by atoms with Crippen LogP contribution in [0, 0.1) is 6.92 Å². The molecule has 0 bridgehead atoms. The maximum absolute atomic E-state index is 12.3. The number of hydrogen-bond acceptors (Lipinski definition) is 4. The van der Waals surface area contributed by atoms with Gasteiger partial charge in [-0.1, -0.05) is 43.3 Å². The second kappa shape index (κ2) is 10.6. The average Bonchev–Trinajstić information content (AvgIpc) is 3.23. The van der Waals surface area contributed by atoms with E-state index < -0.39 is 0 Å². The Morgan fingerprint density at radius 2 is 1.87 bits per heavy atom. The van der Waals surface area contributed by atoms with Crippen LogP contribution in [0.15, 0.2) is 66.1 Å². The molecule has 1 heterocycles. The van der Waals surface area contributed by atoms with E-state index in [2.05, 4.69) is 22.5 Å². The fraction of sp³-hybridized carbons (Fsp3) is 0.261. The van der Waals surface area contributed by atoms with E-state index in [1.807, 2.05) is 54.1 Å². The molecule has 0 spiro atoms. The highest BCUT2D eigenvalue weighted by Gasteiger charge is 2.11. The van der Waals surface area contributed by atoms with Gasteiger partial charge >= 0.3 is 0 Å². The monoisotopic (exact) mass is 422 g/mol. The third-order valence-corrected chi connectivity index (χ3v) is 5.55. The number of unbranched alkanes of at least 4 members (excludes halogenated alkanes) is 1. The molecule has 0 atom stereocenters. The quantitative estimate of drug-likeness (QED) is 0.395. The van der Waals surface area contributed by atoms with Gasteiger partial charge in [0.2, 0.25) is 5.91 Å². The van der Waals surface area contributed by atoms with Crippen molar-refractivity contribution < 1.29 is 9.59 Å². The molecular formula is C23H26N4O2S. The number of imidazole rings is 1. The number of hydrogen-bond donors (Lipinski definition) is 2. The summed E-state index contributed by atoms with van der Waals surface area (Å²) in [7, 11) is 0. The summed E-state index contributed by atoms with van der Waals surface area (Å²) in [6, 6.07) is 15.1. The minimum absolute atomic E-state index is 0.0666. The van der Waals surface area contributed by atoms with Crippen molar-refractivity contribution in [3.05, 3.63) is 72.1 Å². The predicted octanol–water partition coefficient (Wildman–Crippen LogP) is 4.44. The molecule has 0 aliphatic heterocycles. The first-order chi connectivity index (χ1) is 14.6. The second-order valence-corrected chi connectivity index (χ2v) is 7.83. The number of amides is 2. The normalized spacial score (nSPS) is 10.6. The van der Waals surface area contributed by atoms with Gasteiger partial charge in [0, 0.05) is 35.9 Å². The van der Waals surface area contributed by atoms with Gasteiger partial charge < -0.3 is 10.6 Å². The maximum atomic E-state index is 12.3. The van der Waals surface area contributed by atoms with E-state index in [9.17, 15) is 9.59 Å². The molecule has 156 valence electrons. The molecule has 30 heavy (non-hydrogen) atoms. The summed E-state index contributed by atoms with van der Waals surface area (Å²) in [5, 5.41) is 6.56. The first kappa shape index (κ1) is 21.6. The topological polar surface area (TPSA) is 76.0 Å². The van der Waals surface area contributed by atoms with Crippen LogP contribution in [-0.2, 0) is 4.79 Å². The first-order valence-corrected chi connectivity index (χ1v) is 11.0. The summed E-state index contributed by atoms with van der Waals surface area (Å²) in [4.78, 5) is 28.8. The van der Waals surface area contributed by atoms with E-state index in [4.69, 9.17) is 0 Å². The molecule has 3 rings (SSSR count). The van der Waals surface area contributed by atoms with E-state index in [1.165, 1.54) is 11.8 Å². The highest BCUT2D eigenvalue weighted by Crippen LogP contribution is 2.21. The lowest BCUT2D eigenvalue weighted by Gasteiger charge is -2.10. The number of thioether (sulfide) groups is 1. The second-order valence-electron chi connectivity index (χ2n) is 6.89. The Morgan fingerprint density at radius 1 is 1.10 bits per heavy atom. The van der Waals surface area contributed by atoms with E-state index in [0.717, 1.165) is 34.9 Å². The molecule has 0 aliphatic carbocycles. The van der Waals surface area contributed by atoms with Gasteiger partial charge in [-0.3, -0.25) is 14.2 Å². The third-order valence-electron chi connectivity index (χ3n) is 4.58. The van der Waals surface area contributed by atoms with E-state index in [0.29, 0.717) is 12.1 Å². The molecular weight excluding hydrogens is 396 g/mol. The summed E-state index contributed by atoms with van der Waals surface area (Å²) < 4.78 is 1.91. The average molecular weight is 423 g/mol. The van der Waals surface area contributed by atoms with E-state index in [1.54, 1.807) is 18.3 Å². The summed E-state index contributed by atoms with van der Waals surface area (Å²) in [6.45, 7) is 4.74. The highest BCUT2D eigenvalue weighted by atomic mass is 32.2. The van der Waals surface area contributed by atoms with Gasteiger partial charge in [0.1, 0.15) is 0 Å². The minimum Gasteiger partial charge on any atom is -0.352 e. The molecule has 2 aromatic carbocycles. The smallest absolute Gasteiger partial charge is 0.251 e. The zero-order valence-corrected chi connectivity index (χ0v) is 18.0. The van der Waals surface area contributed by atoms with Crippen LogP contribution in [0.25, 0.3) is 5.69 Å². The van der Waals surface area contributed by atoms with Gasteiger partial charge in [0.15, 0.2) is 5.16 Å². The van der Waals surface area contributed by atoms with Crippen molar-refractivity contribution in [1.29, 1.82) is 0 Å². The number of aryl methyl sites for hydroxylation is 1. The largest absolute Gasteiger partial charge is 0.352 e. The molecule has 7 heteroatoms. The zero-order chi connectivity index (χ0) is 21.3. The summed E-state index contributed by atoms with van der Waals surface area (Å²) in [5.41, 5.74) is 3.36. The number of carbonyl (C=O) groups excluding carboxylic acids is 2. The number of aromatic nitrogens is 2. The van der Waals surface area contributed by atoms with Crippen molar-refractivity contribution in [2.75, 3.05) is 17.6 Å². The molecule has 6 nitrogen and oxygen atoms in total. The van der Waals surface area contributed by atoms with Crippen molar-refractivity contribution >= 4 is 29.3 Å². The Bertz CT molecular complexity index is 998. The Morgan fingerprint density at radius 3 is 2.60 bits per heavy atom. The van der Waals surface area contributed by atoms with E-state index in [-0.39, 0.29) is 17.6 Å². The first-order valence-electron chi connectivity index (χ1n) is 9.98. The number of carbonyl (C=O) groups is 2. The number of benzene rings is 2. The van der Waals surface area contributed by atoms with Crippen molar-refractivity contribution in [3.8, 4) is 5.69 Å². The number of nitrogens with zero attached hydrogens (tertiary/aromatic N) is 2. The highest BCUT2D eigenvalue weighted by molar-refractivity contribution is 7.99. The summed E-state index contributed by atoms with van der Waals surface area (Å²) >= 11 is 1.37. The van der Waals surface area contributed by atoms with Gasteiger partial charge in [0.05, 0.1) is 5.75 Å². The van der Waals surface area contributed by atoms with Gasteiger partial charge in [0.25, 0.3) is 5.91 Å². The van der Waals surface area contributed by atoms with Crippen LogP contribution in [-0.4, -0.2) is 33.7 Å². The molecule has 0 saturated heterocycles. The number of para-hydroxylation sites is 1. The van der Waals surface area contributed by atoms with Crippen molar-refractivity contribution in [2.24, 2.45) is 0 Å². The third kappa shape index (κ3) is 5.73. The number of rotatable bonds is 9. The van der Waals surface area contributed by atoms with Crippen LogP contribution in [0.5, 0.6) is 0 Å². The van der Waals surface area contributed by atoms with Crippen molar-refractivity contribution in [2.45, 2.75) is 31.8 Å². The molecule has 2 amide bonds. The molecule has 2 N–H and O–H groups in total. The lowest BCUT2D eigenvalue weighted by Crippen LogP contribution is -2.24. The minimum atomic E-state index is -0.0806. The summed E-state index contributed by atoms with van der Waals surface area (Å²) in [6.07, 6.45) is 5.56.